The molecule has 0 atom stereocenters. The molecular weight excluding hydrogens is 198 g/mol. The van der Waals surface area contributed by atoms with Crippen LogP contribution < -0.4 is 5.73 Å². The molecule has 0 aliphatic rings. The summed E-state index contributed by atoms with van der Waals surface area (Å²) in [6.45, 7) is 0.650. The molecule has 1 aromatic carbocycles. The second-order valence-corrected chi connectivity index (χ2v) is 3.39. The van der Waals surface area contributed by atoms with Crippen molar-refractivity contribution in [2.24, 2.45) is 0 Å². The fourth-order valence-electron chi connectivity index (χ4n) is 1.25. The molecule has 14 heavy (non-hydrogen) atoms. The molecule has 4 heteroatoms. The van der Waals surface area contributed by atoms with Gasteiger partial charge in [-0.1, -0.05) is 41.9 Å². The minimum atomic E-state index is 0.494. The summed E-state index contributed by atoms with van der Waals surface area (Å²) in [7, 11) is 0. The van der Waals surface area contributed by atoms with Crippen molar-refractivity contribution < 1.29 is 0 Å². The van der Waals surface area contributed by atoms with Crippen LogP contribution in [0.5, 0.6) is 0 Å². The van der Waals surface area contributed by atoms with Crippen LogP contribution in [0, 0.1) is 0 Å². The predicted octanol–water partition coefficient (Wildman–Crippen LogP) is 2.17. The third-order valence-electron chi connectivity index (χ3n) is 1.98. The Labute approximate surface area is 87.1 Å². The molecule has 1 aromatic heterocycles. The number of anilines is 1. The third kappa shape index (κ3) is 1.72. The second-order valence-electron chi connectivity index (χ2n) is 3.03. The third-order valence-corrected chi connectivity index (χ3v) is 2.39. The van der Waals surface area contributed by atoms with Gasteiger partial charge < -0.3 is 5.73 Å². The van der Waals surface area contributed by atoms with Gasteiger partial charge in [-0.2, -0.15) is 5.10 Å². The lowest BCUT2D eigenvalue weighted by Gasteiger charge is -2.02. The normalized spacial score (nSPS) is 10.4. The zero-order valence-electron chi connectivity index (χ0n) is 7.52. The lowest BCUT2D eigenvalue weighted by atomic mass is 10.2. The number of halogens is 1. The summed E-state index contributed by atoms with van der Waals surface area (Å²) in [5.41, 5.74) is 7.25. The molecular formula is C10H10ClN3. The van der Waals surface area contributed by atoms with Gasteiger partial charge in [0.15, 0.2) is 0 Å². The van der Waals surface area contributed by atoms with Crippen LogP contribution in [-0.2, 0) is 6.54 Å². The van der Waals surface area contributed by atoms with Crippen LogP contribution in [0.3, 0.4) is 0 Å². The molecule has 0 saturated heterocycles. The molecule has 3 nitrogen and oxygen atoms in total. The number of aromatic nitrogens is 2. The molecule has 0 spiro atoms. The van der Waals surface area contributed by atoms with Crippen LogP contribution in [0.15, 0.2) is 36.5 Å². The molecule has 0 fully saturated rings. The van der Waals surface area contributed by atoms with Crippen LogP contribution in [0.2, 0.25) is 5.15 Å². The van der Waals surface area contributed by atoms with Crippen molar-refractivity contribution in [3.05, 3.63) is 47.2 Å². The highest BCUT2D eigenvalue weighted by atomic mass is 35.5. The van der Waals surface area contributed by atoms with E-state index in [1.54, 1.807) is 10.9 Å². The fourth-order valence-corrected chi connectivity index (χ4v) is 1.40. The Bertz CT molecular complexity index is 422. The quantitative estimate of drug-likeness (QED) is 0.820. The van der Waals surface area contributed by atoms with Gasteiger partial charge in [0.25, 0.3) is 0 Å². The number of benzene rings is 1. The Balaban J connectivity index is 2.23. The van der Waals surface area contributed by atoms with Gasteiger partial charge in [-0.3, -0.25) is 0 Å². The Hall–Kier alpha value is -1.48. The van der Waals surface area contributed by atoms with Crippen molar-refractivity contribution in [1.82, 2.24) is 9.78 Å². The number of nitrogens with zero attached hydrogens (tertiary/aromatic N) is 2. The maximum absolute atomic E-state index is 5.93. The fraction of sp³-hybridized carbons (Fsp3) is 0.100. The lowest BCUT2D eigenvalue weighted by molar-refractivity contribution is 0.688. The highest BCUT2D eigenvalue weighted by molar-refractivity contribution is 6.32. The molecule has 0 aliphatic carbocycles. The van der Waals surface area contributed by atoms with Gasteiger partial charge in [0.05, 0.1) is 18.4 Å². The summed E-state index contributed by atoms with van der Waals surface area (Å²) in [6.07, 6.45) is 1.56. The Morgan fingerprint density at radius 3 is 2.57 bits per heavy atom. The van der Waals surface area contributed by atoms with E-state index in [4.69, 9.17) is 17.3 Å². The average molecular weight is 208 g/mol. The highest BCUT2D eigenvalue weighted by Gasteiger charge is 2.04. The van der Waals surface area contributed by atoms with E-state index in [1.165, 1.54) is 0 Å². The van der Waals surface area contributed by atoms with Gasteiger partial charge >= 0.3 is 0 Å². The zero-order chi connectivity index (χ0) is 9.97. The summed E-state index contributed by atoms with van der Waals surface area (Å²) in [4.78, 5) is 0. The maximum atomic E-state index is 5.93. The van der Waals surface area contributed by atoms with Crippen LogP contribution in [-0.4, -0.2) is 9.78 Å². The van der Waals surface area contributed by atoms with E-state index in [9.17, 15) is 0 Å². The van der Waals surface area contributed by atoms with Crippen molar-refractivity contribution in [2.45, 2.75) is 6.54 Å². The molecule has 0 bridgehead atoms. The van der Waals surface area contributed by atoms with Crippen molar-refractivity contribution in [3.63, 3.8) is 0 Å². The Morgan fingerprint density at radius 2 is 2.00 bits per heavy atom. The van der Waals surface area contributed by atoms with Crippen LogP contribution >= 0.6 is 11.6 Å². The first kappa shape index (κ1) is 9.09. The van der Waals surface area contributed by atoms with E-state index in [2.05, 4.69) is 5.10 Å². The van der Waals surface area contributed by atoms with Gasteiger partial charge in [0.1, 0.15) is 5.15 Å². The van der Waals surface area contributed by atoms with Gasteiger partial charge in [-0.15, -0.1) is 0 Å². The monoisotopic (exact) mass is 207 g/mol. The Kier molecular flexibility index (Phi) is 2.41. The average Bonchev–Trinajstić information content (AvgIpc) is 2.52. The number of nitrogen functional groups attached to an aromatic ring is 1. The van der Waals surface area contributed by atoms with Crippen molar-refractivity contribution in [3.8, 4) is 0 Å². The lowest BCUT2D eigenvalue weighted by Crippen LogP contribution is -2.01. The number of hydrogen-bond donors (Lipinski definition) is 1. The van der Waals surface area contributed by atoms with E-state index >= 15 is 0 Å². The standard InChI is InChI=1S/C10H10ClN3/c11-10-9(12)6-13-14(10)7-8-4-2-1-3-5-8/h1-6H,7,12H2. The predicted molar refractivity (Wildman–Crippen MR) is 57.2 cm³/mol. The van der Waals surface area contributed by atoms with Crippen LogP contribution in [0.25, 0.3) is 0 Å². The molecule has 2 rings (SSSR count). The molecule has 0 aliphatic heterocycles. The zero-order valence-corrected chi connectivity index (χ0v) is 8.28. The van der Waals surface area contributed by atoms with Crippen molar-refractivity contribution in [1.29, 1.82) is 0 Å². The second kappa shape index (κ2) is 3.72. The number of rotatable bonds is 2. The first-order valence-electron chi connectivity index (χ1n) is 4.28. The number of hydrogen-bond acceptors (Lipinski definition) is 2. The van der Waals surface area contributed by atoms with Gasteiger partial charge in [-0.05, 0) is 5.56 Å². The van der Waals surface area contributed by atoms with Gasteiger partial charge in [0.2, 0.25) is 0 Å². The van der Waals surface area contributed by atoms with E-state index < -0.39 is 0 Å². The summed E-state index contributed by atoms with van der Waals surface area (Å²) in [5, 5.41) is 4.56. The molecule has 0 unspecified atom stereocenters. The largest absolute Gasteiger partial charge is 0.395 e. The molecule has 0 amide bonds. The first-order valence-corrected chi connectivity index (χ1v) is 4.66. The number of nitrogens with two attached hydrogens (primary N) is 1. The SMILES string of the molecule is Nc1cnn(Cc2ccccc2)c1Cl. The molecule has 2 N–H and O–H groups in total. The maximum Gasteiger partial charge on any atom is 0.150 e. The van der Waals surface area contributed by atoms with E-state index in [1.807, 2.05) is 30.3 Å². The highest BCUT2D eigenvalue weighted by Crippen LogP contribution is 2.18. The summed E-state index contributed by atoms with van der Waals surface area (Å²) in [5.74, 6) is 0. The first-order chi connectivity index (χ1) is 6.77. The topological polar surface area (TPSA) is 43.8 Å². The van der Waals surface area contributed by atoms with Gasteiger partial charge in [0, 0.05) is 0 Å². The van der Waals surface area contributed by atoms with E-state index in [0.717, 1.165) is 5.56 Å². The smallest absolute Gasteiger partial charge is 0.150 e. The Morgan fingerprint density at radius 1 is 1.29 bits per heavy atom. The summed E-state index contributed by atoms with van der Waals surface area (Å²) in [6, 6.07) is 9.98. The van der Waals surface area contributed by atoms with Crippen molar-refractivity contribution in [2.75, 3.05) is 5.73 Å². The van der Waals surface area contributed by atoms with Crippen LogP contribution in [0.4, 0.5) is 5.69 Å². The molecule has 0 saturated carbocycles. The molecule has 1 heterocycles. The molecule has 2 aromatic rings. The molecule has 0 radical (unpaired) electrons. The minimum absolute atomic E-state index is 0.494. The van der Waals surface area contributed by atoms with E-state index in [-0.39, 0.29) is 0 Å². The summed E-state index contributed by atoms with van der Waals surface area (Å²) < 4.78 is 1.67. The van der Waals surface area contributed by atoms with Crippen LogP contribution in [0.1, 0.15) is 5.56 Å². The molecule has 72 valence electrons. The summed E-state index contributed by atoms with van der Waals surface area (Å²) >= 11 is 5.93. The van der Waals surface area contributed by atoms with Crippen molar-refractivity contribution >= 4 is 17.3 Å². The minimum Gasteiger partial charge on any atom is -0.395 e. The van der Waals surface area contributed by atoms with Gasteiger partial charge in [-0.25, -0.2) is 4.68 Å². The van der Waals surface area contributed by atoms with E-state index in [0.29, 0.717) is 17.4 Å².